The Kier molecular flexibility index (Phi) is 27.5. The zero-order chi connectivity index (χ0) is 42.4. The van der Waals surface area contributed by atoms with E-state index in [1.807, 2.05) is 6.92 Å². The Labute approximate surface area is 339 Å². The van der Waals surface area contributed by atoms with Gasteiger partial charge in [0.15, 0.2) is 12.2 Å². The smallest absolute Gasteiger partial charge is 0.407 e. The van der Waals surface area contributed by atoms with Gasteiger partial charge in [-0.05, 0) is 104 Å². The minimum atomic E-state index is -0.804. The van der Waals surface area contributed by atoms with E-state index < -0.39 is 42.3 Å². The summed E-state index contributed by atoms with van der Waals surface area (Å²) in [6.07, 6.45) is 5.36. The zero-order valence-electron chi connectivity index (χ0n) is 34.8. The summed E-state index contributed by atoms with van der Waals surface area (Å²) in [5.74, 6) is -0.755. The predicted octanol–water partition coefficient (Wildman–Crippen LogP) is 6.31. The van der Waals surface area contributed by atoms with Crippen LogP contribution in [-0.4, -0.2) is 115 Å². The third-order valence-electron chi connectivity index (χ3n) is 8.57. The Morgan fingerprint density at radius 2 is 0.912 bits per heavy atom. The van der Waals surface area contributed by atoms with E-state index in [0.29, 0.717) is 88.2 Å². The van der Waals surface area contributed by atoms with E-state index in [1.54, 1.807) is 13.8 Å². The summed E-state index contributed by atoms with van der Waals surface area (Å²) in [4.78, 5) is 59.8. The fraction of sp³-hybridized carbons (Fsp3) is 0.690. The van der Waals surface area contributed by atoms with Crippen molar-refractivity contribution in [1.29, 1.82) is 0 Å². The van der Waals surface area contributed by atoms with Gasteiger partial charge in [-0.25, -0.2) is 24.0 Å². The summed E-state index contributed by atoms with van der Waals surface area (Å²) in [7, 11) is 0. The second kappa shape index (κ2) is 30.9. The van der Waals surface area contributed by atoms with Crippen LogP contribution >= 0.6 is 0 Å². The molecule has 2 unspecified atom stereocenters. The lowest BCUT2D eigenvalue weighted by Gasteiger charge is -2.29. The van der Waals surface area contributed by atoms with E-state index >= 15 is 0 Å². The van der Waals surface area contributed by atoms with Crippen molar-refractivity contribution in [2.45, 2.75) is 104 Å². The highest BCUT2D eigenvalue weighted by Crippen LogP contribution is 2.29. The highest BCUT2D eigenvalue weighted by molar-refractivity contribution is 5.87. The Hall–Kier alpha value is -4.21. The molecule has 0 aromatic rings. The van der Waals surface area contributed by atoms with Gasteiger partial charge in [0.1, 0.15) is 6.61 Å². The van der Waals surface area contributed by atoms with E-state index in [9.17, 15) is 24.0 Å². The van der Waals surface area contributed by atoms with Gasteiger partial charge < -0.3 is 48.5 Å². The lowest BCUT2D eigenvalue weighted by Crippen LogP contribution is -2.36. The zero-order valence-corrected chi connectivity index (χ0v) is 34.8. The van der Waals surface area contributed by atoms with Crippen molar-refractivity contribution in [3.05, 3.63) is 48.6 Å². The molecule has 0 radical (unpaired) electrons. The topological polar surface area (TPSA) is 183 Å². The monoisotopic (exact) mass is 808 g/mol. The van der Waals surface area contributed by atoms with Crippen LogP contribution in [0.4, 0.5) is 9.59 Å². The molecule has 0 heterocycles. The van der Waals surface area contributed by atoms with Crippen molar-refractivity contribution in [1.82, 2.24) is 10.6 Å². The predicted molar refractivity (Wildman–Crippen MR) is 214 cm³/mol. The highest BCUT2D eigenvalue weighted by Gasteiger charge is 2.24. The number of rotatable bonds is 31. The minimum absolute atomic E-state index is 0.0589. The maximum absolute atomic E-state index is 12.5. The summed E-state index contributed by atoms with van der Waals surface area (Å²) in [5, 5.41) is 5.45. The van der Waals surface area contributed by atoms with E-state index in [-0.39, 0.29) is 38.6 Å². The molecule has 15 heteroatoms. The van der Waals surface area contributed by atoms with Gasteiger partial charge in [-0.2, -0.15) is 0 Å². The third kappa shape index (κ3) is 27.1. The first kappa shape index (κ1) is 50.8. The molecule has 0 saturated heterocycles. The molecule has 1 saturated carbocycles. The first-order valence-electron chi connectivity index (χ1n) is 19.9. The molecule has 0 aromatic heterocycles. The van der Waals surface area contributed by atoms with Gasteiger partial charge >= 0.3 is 30.1 Å². The van der Waals surface area contributed by atoms with Crippen LogP contribution in [0.2, 0.25) is 0 Å². The number of carbonyl (C=O) groups excluding carboxylic acids is 5. The van der Waals surface area contributed by atoms with Crippen molar-refractivity contribution >= 4 is 30.1 Å². The number of nitrogens with one attached hydrogen (secondary N) is 2. The number of hydrogen-bond donors (Lipinski definition) is 2. The van der Waals surface area contributed by atoms with Crippen molar-refractivity contribution in [2.24, 2.45) is 11.8 Å². The van der Waals surface area contributed by atoms with Gasteiger partial charge in [0, 0.05) is 43.0 Å². The molecule has 57 heavy (non-hydrogen) atoms. The van der Waals surface area contributed by atoms with Gasteiger partial charge in [0.25, 0.3) is 0 Å². The van der Waals surface area contributed by atoms with E-state index in [1.165, 1.54) is 6.92 Å². The Morgan fingerprint density at radius 1 is 0.526 bits per heavy atom. The van der Waals surface area contributed by atoms with Gasteiger partial charge in [-0.1, -0.05) is 31.9 Å². The first-order valence-corrected chi connectivity index (χ1v) is 19.9. The molecule has 0 bridgehead atoms. The molecule has 15 nitrogen and oxygen atoms in total. The van der Waals surface area contributed by atoms with Crippen LogP contribution < -0.4 is 10.6 Å². The fourth-order valence-electron chi connectivity index (χ4n) is 5.34. The molecule has 0 aliphatic heterocycles. The number of amides is 2. The van der Waals surface area contributed by atoms with Crippen molar-refractivity contribution < 1.29 is 61.9 Å². The average molecular weight is 809 g/mol. The molecule has 2 atom stereocenters. The summed E-state index contributed by atoms with van der Waals surface area (Å²) in [6, 6.07) is 0. The van der Waals surface area contributed by atoms with Gasteiger partial charge in [0.2, 0.25) is 0 Å². The van der Waals surface area contributed by atoms with Crippen LogP contribution in [0.15, 0.2) is 48.6 Å². The number of unbranched alkanes of at least 4 members (excludes halogenated alkanes) is 4. The number of alkyl carbamates (subject to hydrolysis) is 2. The highest BCUT2D eigenvalue weighted by atomic mass is 16.6. The minimum Gasteiger partial charge on any atom is -0.462 e. The maximum atomic E-state index is 12.5. The van der Waals surface area contributed by atoms with Crippen LogP contribution in [-0.2, 0) is 52.3 Å². The first-order chi connectivity index (χ1) is 27.2. The molecule has 2 N–H and O–H groups in total. The standard InChI is InChI=1S/C42H68N2O13/c1-30(2)23-50-26-36(56-41(48)43-19-11-9-13-21-53-38(45)31(3)4)27-51-24-34-15-17-35(18-16-34)25-52-28-37(29-55-40(47)33(7)8)57-42(49)44-20-12-10-14-22-54-39(46)32(5)6/h34-37H,1,3,5,7,9-29H2,2,4,6,8H3,(H,43,48)(H,44,49). The molecule has 0 aromatic carbocycles. The Balaban J connectivity index is 2.41. The average Bonchev–Trinajstić information content (AvgIpc) is 3.15. The number of hydrogen-bond acceptors (Lipinski definition) is 13. The summed E-state index contributed by atoms with van der Waals surface area (Å²) in [5.41, 5.74) is 1.80. The summed E-state index contributed by atoms with van der Waals surface area (Å²) < 4.78 is 44.1. The summed E-state index contributed by atoms with van der Waals surface area (Å²) in [6.45, 7) is 24.1. The van der Waals surface area contributed by atoms with E-state index in [4.69, 9.17) is 37.9 Å². The maximum Gasteiger partial charge on any atom is 0.407 e. The van der Waals surface area contributed by atoms with Gasteiger partial charge in [-0.15, -0.1) is 0 Å². The second-order valence-electron chi connectivity index (χ2n) is 14.7. The third-order valence-corrected chi connectivity index (χ3v) is 8.57. The second-order valence-corrected chi connectivity index (χ2v) is 14.7. The molecule has 1 fully saturated rings. The van der Waals surface area contributed by atoms with Crippen LogP contribution in [0, 0.1) is 11.8 Å². The molecule has 1 rings (SSSR count). The quantitative estimate of drug-likeness (QED) is 0.0262. The van der Waals surface area contributed by atoms with Crippen LogP contribution in [0.1, 0.15) is 91.9 Å². The largest absolute Gasteiger partial charge is 0.462 e. The molecule has 324 valence electrons. The Morgan fingerprint density at radius 3 is 1.32 bits per heavy atom. The number of carbonyl (C=O) groups is 5. The summed E-state index contributed by atoms with van der Waals surface area (Å²) >= 11 is 0. The molecule has 0 spiro atoms. The van der Waals surface area contributed by atoms with E-state index in [0.717, 1.165) is 44.1 Å². The number of ether oxygens (including phenoxy) is 8. The molecule has 1 aliphatic carbocycles. The molecular weight excluding hydrogens is 740 g/mol. The SMILES string of the molecule is C=C(C)COCC(COCC1CCC(COCC(COC(=O)C(=C)C)OC(=O)NCCCCCOC(=O)C(=C)C)CC1)OC(=O)NCCCCCOC(=O)C(=C)C. The van der Waals surface area contributed by atoms with Gasteiger partial charge in [-0.3, -0.25) is 0 Å². The number of esters is 3. The molecule has 1 aliphatic rings. The van der Waals surface area contributed by atoms with Crippen LogP contribution in [0.3, 0.4) is 0 Å². The van der Waals surface area contributed by atoms with E-state index in [2.05, 4.69) is 36.9 Å². The lowest BCUT2D eigenvalue weighted by molar-refractivity contribution is -0.143. The fourth-order valence-corrected chi connectivity index (χ4v) is 5.34. The van der Waals surface area contributed by atoms with Crippen LogP contribution in [0.5, 0.6) is 0 Å². The van der Waals surface area contributed by atoms with Gasteiger partial charge in [0.05, 0.1) is 39.6 Å². The lowest BCUT2D eigenvalue weighted by atomic mass is 9.83. The molecular formula is C42H68N2O13. The van der Waals surface area contributed by atoms with Crippen molar-refractivity contribution in [2.75, 3.05) is 72.6 Å². The normalized spacial score (nSPS) is 15.9. The van der Waals surface area contributed by atoms with Crippen molar-refractivity contribution in [3.8, 4) is 0 Å². The van der Waals surface area contributed by atoms with Crippen LogP contribution in [0.25, 0.3) is 0 Å². The van der Waals surface area contributed by atoms with Crippen molar-refractivity contribution in [3.63, 3.8) is 0 Å². The molecule has 2 amide bonds. The Bertz CT molecular complexity index is 1290.